The maximum absolute atomic E-state index is 12.9. The summed E-state index contributed by atoms with van der Waals surface area (Å²) >= 11 is 14.4. The molecule has 0 radical (unpaired) electrons. The first-order chi connectivity index (χ1) is 19.3. The Labute approximate surface area is 243 Å². The molecule has 1 saturated heterocycles. The van der Waals surface area contributed by atoms with Crippen LogP contribution in [0.15, 0.2) is 52.4 Å². The van der Waals surface area contributed by atoms with Crippen LogP contribution in [0.3, 0.4) is 0 Å². The minimum atomic E-state index is -0.907. The maximum Gasteiger partial charge on any atom is 0.303 e. The first-order valence-electron chi connectivity index (χ1n) is 12.6. The number of benzene rings is 2. The van der Waals surface area contributed by atoms with Crippen LogP contribution in [0.4, 0.5) is 5.69 Å². The molecule has 1 aliphatic heterocycles. The minimum absolute atomic E-state index is 0.00120. The number of carbonyl (C=O) groups excluding carboxylic acids is 2. The second-order valence-electron chi connectivity index (χ2n) is 9.37. The molecule has 0 bridgehead atoms. The molecule has 1 aliphatic rings. The lowest BCUT2D eigenvalue weighted by Gasteiger charge is -2.21. The third-order valence-corrected chi connectivity index (χ3v) is 8.16. The lowest BCUT2D eigenvalue weighted by Crippen LogP contribution is -2.27. The molecule has 9 nitrogen and oxygen atoms in total. The van der Waals surface area contributed by atoms with Crippen LogP contribution in [0.2, 0.25) is 10.0 Å². The number of carbonyl (C=O) groups is 3. The van der Waals surface area contributed by atoms with Gasteiger partial charge in [-0.25, -0.2) is 4.98 Å². The van der Waals surface area contributed by atoms with Crippen molar-refractivity contribution in [2.75, 3.05) is 18.5 Å². The van der Waals surface area contributed by atoms with Gasteiger partial charge in [-0.05, 0) is 36.6 Å². The van der Waals surface area contributed by atoms with E-state index in [1.165, 1.54) is 17.5 Å². The van der Waals surface area contributed by atoms with E-state index in [2.05, 4.69) is 10.3 Å². The molecule has 40 heavy (non-hydrogen) atoms. The zero-order valence-corrected chi connectivity index (χ0v) is 23.5. The summed E-state index contributed by atoms with van der Waals surface area (Å²) in [5.74, 6) is -0.480. The number of aryl methyl sites for hydroxylation is 1. The van der Waals surface area contributed by atoms with Crippen molar-refractivity contribution in [3.63, 3.8) is 0 Å². The van der Waals surface area contributed by atoms with Crippen molar-refractivity contribution < 1.29 is 28.7 Å². The largest absolute Gasteiger partial charge is 0.481 e. The Morgan fingerprint density at radius 2 is 2.02 bits per heavy atom. The topological polar surface area (TPSA) is 122 Å². The number of hydrogen-bond acceptors (Lipinski definition) is 8. The van der Waals surface area contributed by atoms with Gasteiger partial charge in [0.2, 0.25) is 5.89 Å². The van der Waals surface area contributed by atoms with Crippen molar-refractivity contribution in [3.05, 3.63) is 80.8 Å². The molecule has 2 aromatic carbocycles. The van der Waals surface area contributed by atoms with Gasteiger partial charge in [0.15, 0.2) is 5.78 Å². The number of carboxylic acid groups (broad SMARTS) is 1. The third kappa shape index (κ3) is 6.54. The van der Waals surface area contributed by atoms with E-state index in [1.807, 2.05) is 24.3 Å². The van der Waals surface area contributed by atoms with Gasteiger partial charge >= 0.3 is 5.97 Å². The fraction of sp³-hybridized carbons (Fsp3) is 0.286. The summed E-state index contributed by atoms with van der Waals surface area (Å²) in [5.41, 5.74) is 1.42. The molecule has 2 aromatic heterocycles. The zero-order chi connectivity index (χ0) is 28.2. The molecule has 0 aliphatic carbocycles. The van der Waals surface area contributed by atoms with E-state index in [0.717, 1.165) is 22.9 Å². The van der Waals surface area contributed by atoms with Gasteiger partial charge in [0, 0.05) is 39.9 Å². The van der Waals surface area contributed by atoms with E-state index in [1.54, 1.807) is 22.6 Å². The molecule has 0 spiro atoms. The fourth-order valence-corrected chi connectivity index (χ4v) is 5.95. The predicted molar refractivity (Wildman–Crippen MR) is 152 cm³/mol. The lowest BCUT2D eigenvalue weighted by molar-refractivity contribution is -0.179. The number of carboxylic acids is 1. The monoisotopic (exact) mass is 601 g/mol. The second-order valence-corrected chi connectivity index (χ2v) is 11.1. The standard InChI is InChI=1S/C28H25Cl2N3O6S/c29-21-12-23(32-27(37)20-15-40-25-6-2-1-4-19(20)25)22(30)11-16(21)10-17(34)14-38-33-9-3-5-24(33)28-31-13-18(39-28)7-8-26(35)36/h1-2,4,6,11-13,15,24H,3,5,7-10,14H2,(H,32,37)(H,35,36)/t24-/m0/s1. The van der Waals surface area contributed by atoms with E-state index in [-0.39, 0.29) is 48.6 Å². The van der Waals surface area contributed by atoms with Crippen LogP contribution < -0.4 is 5.32 Å². The molecular formula is C28H25Cl2N3O6S. The molecule has 1 atom stereocenters. The average molecular weight is 602 g/mol. The van der Waals surface area contributed by atoms with Gasteiger partial charge in [-0.15, -0.1) is 11.3 Å². The number of fused-ring (bicyclic) bond motifs is 1. The number of halogens is 2. The van der Waals surface area contributed by atoms with E-state index >= 15 is 0 Å². The highest BCUT2D eigenvalue weighted by molar-refractivity contribution is 7.17. The van der Waals surface area contributed by atoms with Crippen LogP contribution in [-0.2, 0) is 27.3 Å². The van der Waals surface area contributed by atoms with Crippen molar-refractivity contribution in [2.45, 2.75) is 38.1 Å². The molecular weight excluding hydrogens is 577 g/mol. The Kier molecular flexibility index (Phi) is 8.82. The molecule has 208 valence electrons. The van der Waals surface area contributed by atoms with E-state index < -0.39 is 5.97 Å². The number of hydrogen-bond donors (Lipinski definition) is 2. The number of thiophene rings is 1. The number of anilines is 1. The number of hydroxylamine groups is 2. The summed E-state index contributed by atoms with van der Waals surface area (Å²) in [7, 11) is 0. The molecule has 0 unspecified atom stereocenters. The van der Waals surface area contributed by atoms with Gasteiger partial charge in [-0.3, -0.25) is 19.2 Å². The van der Waals surface area contributed by atoms with Crippen molar-refractivity contribution in [1.29, 1.82) is 0 Å². The van der Waals surface area contributed by atoms with Gasteiger partial charge < -0.3 is 14.8 Å². The number of ketones is 1. The smallest absolute Gasteiger partial charge is 0.303 e. The fourth-order valence-electron chi connectivity index (χ4n) is 4.54. The van der Waals surface area contributed by atoms with Crippen LogP contribution in [0.1, 0.15) is 52.9 Å². The molecule has 1 amide bonds. The van der Waals surface area contributed by atoms with Gasteiger partial charge in [-0.2, -0.15) is 5.06 Å². The Morgan fingerprint density at radius 3 is 2.85 bits per heavy atom. The molecule has 4 aromatic rings. The SMILES string of the molecule is O=C(O)CCc1cnc([C@@H]2CCCN2OCC(=O)Cc2cc(Cl)c(NC(=O)c3csc4ccccc34)cc2Cl)o1. The summed E-state index contributed by atoms with van der Waals surface area (Å²) in [6.07, 6.45) is 3.31. The molecule has 12 heteroatoms. The third-order valence-electron chi connectivity index (χ3n) is 6.53. The van der Waals surface area contributed by atoms with E-state index in [0.29, 0.717) is 40.0 Å². The number of rotatable bonds is 11. The first-order valence-corrected chi connectivity index (χ1v) is 14.2. The van der Waals surface area contributed by atoms with E-state index in [4.69, 9.17) is 37.6 Å². The van der Waals surface area contributed by atoms with Crippen molar-refractivity contribution in [3.8, 4) is 0 Å². The van der Waals surface area contributed by atoms with Crippen LogP contribution >= 0.6 is 34.5 Å². The van der Waals surface area contributed by atoms with Gasteiger partial charge in [0.1, 0.15) is 18.4 Å². The van der Waals surface area contributed by atoms with Crippen molar-refractivity contribution in [1.82, 2.24) is 10.0 Å². The summed E-state index contributed by atoms with van der Waals surface area (Å²) in [5, 5.41) is 16.6. The lowest BCUT2D eigenvalue weighted by atomic mass is 10.1. The number of amides is 1. The van der Waals surface area contributed by atoms with Crippen LogP contribution in [0, 0.1) is 0 Å². The van der Waals surface area contributed by atoms with Gasteiger partial charge in [0.25, 0.3) is 5.91 Å². The molecule has 5 rings (SSSR count). The number of oxazole rings is 1. The molecule has 2 N–H and O–H groups in total. The Bertz CT molecular complexity index is 1570. The number of aliphatic carboxylic acids is 1. The zero-order valence-electron chi connectivity index (χ0n) is 21.2. The Morgan fingerprint density at radius 1 is 1.20 bits per heavy atom. The maximum atomic E-state index is 12.9. The molecule has 0 saturated carbocycles. The summed E-state index contributed by atoms with van der Waals surface area (Å²) in [4.78, 5) is 46.5. The predicted octanol–water partition coefficient (Wildman–Crippen LogP) is 6.35. The van der Waals surface area contributed by atoms with Crippen molar-refractivity contribution in [2.24, 2.45) is 0 Å². The highest BCUT2D eigenvalue weighted by atomic mass is 35.5. The Hall–Kier alpha value is -3.28. The normalized spacial score (nSPS) is 15.5. The molecule has 3 heterocycles. The highest BCUT2D eigenvalue weighted by Gasteiger charge is 2.31. The van der Waals surface area contributed by atoms with Crippen LogP contribution in [0.5, 0.6) is 0 Å². The van der Waals surface area contributed by atoms with Gasteiger partial charge in [-0.1, -0.05) is 41.4 Å². The minimum Gasteiger partial charge on any atom is -0.481 e. The summed E-state index contributed by atoms with van der Waals surface area (Å²) in [6, 6.07) is 10.5. The van der Waals surface area contributed by atoms with Crippen LogP contribution in [-0.4, -0.2) is 46.0 Å². The summed E-state index contributed by atoms with van der Waals surface area (Å²) in [6.45, 7) is 0.423. The number of Topliss-reactive ketones (excluding diaryl/α,β-unsaturated/α-hetero) is 1. The quantitative estimate of drug-likeness (QED) is 0.204. The number of nitrogens with zero attached hydrogens (tertiary/aromatic N) is 2. The average Bonchev–Trinajstić information content (AvgIpc) is 3.68. The Balaban J connectivity index is 1.17. The molecule has 1 fully saturated rings. The number of nitrogens with one attached hydrogen (secondary N) is 1. The highest BCUT2D eigenvalue weighted by Crippen LogP contribution is 2.33. The van der Waals surface area contributed by atoms with Gasteiger partial charge in [0.05, 0.1) is 28.9 Å². The first kappa shape index (κ1) is 28.3. The number of aromatic nitrogens is 1. The second kappa shape index (κ2) is 12.5. The van der Waals surface area contributed by atoms with E-state index in [9.17, 15) is 14.4 Å². The van der Waals surface area contributed by atoms with Crippen LogP contribution in [0.25, 0.3) is 10.1 Å². The van der Waals surface area contributed by atoms with Crippen molar-refractivity contribution >= 4 is 68.0 Å². The summed E-state index contributed by atoms with van der Waals surface area (Å²) < 4.78 is 6.73.